The number of allylic oxidation sites excluding steroid dienone is 1. The molecule has 0 heterocycles. The molecule has 2 heteroatoms. The molecule has 6 atom stereocenters. The van der Waals surface area contributed by atoms with Gasteiger partial charge in [-0.3, -0.25) is 4.79 Å². The van der Waals surface area contributed by atoms with Gasteiger partial charge in [-0.2, -0.15) is 0 Å². The van der Waals surface area contributed by atoms with E-state index in [1.165, 1.54) is 18.4 Å². The largest absolute Gasteiger partial charge is 0.377 e. The highest BCUT2D eigenvalue weighted by molar-refractivity contribution is 5.91. The van der Waals surface area contributed by atoms with E-state index in [4.69, 9.17) is 6.42 Å². The van der Waals surface area contributed by atoms with E-state index in [0.29, 0.717) is 29.5 Å². The number of hydrogen-bond acceptors (Lipinski definition) is 2. The highest BCUT2D eigenvalue weighted by Crippen LogP contribution is 2.66. The molecule has 4 rings (SSSR count). The van der Waals surface area contributed by atoms with Gasteiger partial charge in [0, 0.05) is 11.8 Å². The molecule has 124 valence electrons. The number of fused-ring (bicyclic) bond motifs is 5. The minimum Gasteiger partial charge on any atom is -0.377 e. The van der Waals surface area contributed by atoms with E-state index in [-0.39, 0.29) is 5.41 Å². The number of terminal acetylenes is 1. The van der Waals surface area contributed by atoms with Gasteiger partial charge < -0.3 is 5.11 Å². The van der Waals surface area contributed by atoms with Crippen molar-refractivity contribution in [3.05, 3.63) is 11.6 Å². The zero-order chi connectivity index (χ0) is 16.2. The molecule has 3 fully saturated rings. The molecule has 4 aliphatic carbocycles. The van der Waals surface area contributed by atoms with Gasteiger partial charge in [-0.25, -0.2) is 0 Å². The van der Waals surface area contributed by atoms with Crippen LogP contribution in [-0.4, -0.2) is 16.5 Å². The van der Waals surface area contributed by atoms with Crippen molar-refractivity contribution in [3.63, 3.8) is 0 Å². The summed E-state index contributed by atoms with van der Waals surface area (Å²) < 4.78 is 0. The fourth-order valence-corrected chi connectivity index (χ4v) is 6.96. The summed E-state index contributed by atoms with van der Waals surface area (Å²) in [6, 6.07) is 0. The monoisotopic (exact) mass is 312 g/mol. The molecule has 4 aliphatic rings. The summed E-state index contributed by atoms with van der Waals surface area (Å²) in [5.41, 5.74) is 0.474. The van der Waals surface area contributed by atoms with Crippen LogP contribution >= 0.6 is 0 Å². The van der Waals surface area contributed by atoms with Crippen LogP contribution in [0.25, 0.3) is 0 Å². The third kappa shape index (κ3) is 1.96. The summed E-state index contributed by atoms with van der Waals surface area (Å²) in [6.07, 6.45) is 16.9. The molecule has 2 nitrogen and oxygen atoms in total. The van der Waals surface area contributed by atoms with Crippen LogP contribution in [0.2, 0.25) is 0 Å². The van der Waals surface area contributed by atoms with Gasteiger partial charge in [-0.05, 0) is 81.1 Å². The minimum atomic E-state index is -0.893. The van der Waals surface area contributed by atoms with E-state index >= 15 is 0 Å². The molecule has 4 unspecified atom stereocenters. The molecule has 0 aromatic heterocycles. The van der Waals surface area contributed by atoms with E-state index in [2.05, 4.69) is 12.8 Å². The van der Waals surface area contributed by atoms with Gasteiger partial charge in [0.15, 0.2) is 5.78 Å². The van der Waals surface area contributed by atoms with E-state index in [1.54, 1.807) is 0 Å². The van der Waals surface area contributed by atoms with Crippen molar-refractivity contribution < 1.29 is 9.90 Å². The van der Waals surface area contributed by atoms with Gasteiger partial charge in [0.2, 0.25) is 0 Å². The minimum absolute atomic E-state index is 0.0609. The first-order valence-electron chi connectivity index (χ1n) is 9.48. The Hall–Kier alpha value is -1.07. The van der Waals surface area contributed by atoms with Gasteiger partial charge in [-0.15, -0.1) is 6.42 Å². The Bertz CT molecular complexity index is 597. The van der Waals surface area contributed by atoms with E-state index < -0.39 is 5.60 Å². The SMILES string of the molecule is C#C[C@]1(O)CCC2C3CCC4=CC(=O)CC[C@@H]4C3CCC21CC. The van der Waals surface area contributed by atoms with Crippen LogP contribution < -0.4 is 0 Å². The summed E-state index contributed by atoms with van der Waals surface area (Å²) in [6.45, 7) is 2.22. The Balaban J connectivity index is 1.67. The molecule has 0 aromatic carbocycles. The molecule has 0 aromatic rings. The van der Waals surface area contributed by atoms with Crippen molar-refractivity contribution in [1.82, 2.24) is 0 Å². The van der Waals surface area contributed by atoms with Crippen molar-refractivity contribution in [1.29, 1.82) is 0 Å². The summed E-state index contributed by atoms with van der Waals surface area (Å²) in [5.74, 6) is 5.73. The average molecular weight is 312 g/mol. The van der Waals surface area contributed by atoms with Crippen LogP contribution in [0.4, 0.5) is 0 Å². The average Bonchev–Trinajstić information content (AvgIpc) is 2.88. The van der Waals surface area contributed by atoms with Gasteiger partial charge in [0.05, 0.1) is 0 Å². The predicted molar refractivity (Wildman–Crippen MR) is 90.5 cm³/mol. The lowest BCUT2D eigenvalue weighted by molar-refractivity contribution is -0.117. The first-order chi connectivity index (χ1) is 11.0. The molecule has 0 saturated heterocycles. The van der Waals surface area contributed by atoms with Crippen molar-refractivity contribution >= 4 is 5.78 Å². The summed E-state index contributed by atoms with van der Waals surface area (Å²) >= 11 is 0. The first kappa shape index (κ1) is 15.5. The number of rotatable bonds is 1. The van der Waals surface area contributed by atoms with Crippen LogP contribution in [0.1, 0.15) is 64.7 Å². The topological polar surface area (TPSA) is 37.3 Å². The third-order valence-corrected chi connectivity index (χ3v) is 8.02. The second kappa shape index (κ2) is 5.21. The number of carbonyl (C=O) groups excluding carboxylic acids is 1. The fourth-order valence-electron chi connectivity index (χ4n) is 6.96. The van der Waals surface area contributed by atoms with Crippen LogP contribution in [0.15, 0.2) is 11.6 Å². The summed E-state index contributed by atoms with van der Waals surface area (Å²) in [5, 5.41) is 11.1. The lowest BCUT2D eigenvalue weighted by Gasteiger charge is -2.55. The maximum atomic E-state index is 11.8. The Kier molecular flexibility index (Phi) is 3.50. The second-order valence-electron chi connectivity index (χ2n) is 8.40. The molecule has 0 radical (unpaired) electrons. The molecule has 0 amide bonds. The van der Waals surface area contributed by atoms with Crippen LogP contribution in [0.3, 0.4) is 0 Å². The van der Waals surface area contributed by atoms with Gasteiger partial charge in [-0.1, -0.05) is 18.4 Å². The number of carbonyl (C=O) groups is 1. The molecule has 0 spiro atoms. The summed E-state index contributed by atoms with van der Waals surface area (Å²) in [7, 11) is 0. The number of ketones is 1. The maximum absolute atomic E-state index is 11.8. The van der Waals surface area contributed by atoms with E-state index in [9.17, 15) is 9.90 Å². The van der Waals surface area contributed by atoms with Gasteiger partial charge >= 0.3 is 0 Å². The third-order valence-electron chi connectivity index (χ3n) is 8.02. The number of aliphatic hydroxyl groups is 1. The van der Waals surface area contributed by atoms with Crippen molar-refractivity contribution in [2.75, 3.05) is 0 Å². The second-order valence-corrected chi connectivity index (χ2v) is 8.40. The van der Waals surface area contributed by atoms with Crippen molar-refractivity contribution in [2.24, 2.45) is 29.1 Å². The van der Waals surface area contributed by atoms with E-state index in [0.717, 1.165) is 44.9 Å². The first-order valence-corrected chi connectivity index (χ1v) is 9.48. The predicted octanol–water partition coefficient (Wildman–Crippen LogP) is 3.88. The lowest BCUT2D eigenvalue weighted by atomic mass is 9.49. The Morgan fingerprint density at radius 3 is 2.78 bits per heavy atom. The quantitative estimate of drug-likeness (QED) is 0.746. The molecule has 3 saturated carbocycles. The highest BCUT2D eigenvalue weighted by atomic mass is 16.3. The normalized spacial score (nSPS) is 48.7. The molecular weight excluding hydrogens is 284 g/mol. The molecular formula is C21H28O2. The summed E-state index contributed by atoms with van der Waals surface area (Å²) in [4.78, 5) is 11.8. The Morgan fingerprint density at radius 1 is 1.22 bits per heavy atom. The van der Waals surface area contributed by atoms with Crippen LogP contribution in [0.5, 0.6) is 0 Å². The van der Waals surface area contributed by atoms with E-state index in [1.807, 2.05) is 6.08 Å². The smallest absolute Gasteiger partial charge is 0.155 e. The van der Waals surface area contributed by atoms with Gasteiger partial charge in [0.25, 0.3) is 0 Å². The molecule has 0 aliphatic heterocycles. The zero-order valence-corrected chi connectivity index (χ0v) is 14.2. The molecule has 23 heavy (non-hydrogen) atoms. The van der Waals surface area contributed by atoms with Crippen molar-refractivity contribution in [2.45, 2.75) is 70.3 Å². The van der Waals surface area contributed by atoms with Crippen LogP contribution in [-0.2, 0) is 4.79 Å². The van der Waals surface area contributed by atoms with Gasteiger partial charge in [0.1, 0.15) is 5.60 Å². The highest BCUT2D eigenvalue weighted by Gasteiger charge is 2.63. The Morgan fingerprint density at radius 2 is 2.04 bits per heavy atom. The fraction of sp³-hybridized carbons (Fsp3) is 0.762. The van der Waals surface area contributed by atoms with Crippen molar-refractivity contribution in [3.8, 4) is 12.3 Å². The lowest BCUT2D eigenvalue weighted by Crippen LogP contribution is -2.53. The zero-order valence-electron chi connectivity index (χ0n) is 14.2. The Labute approximate surface area is 139 Å². The maximum Gasteiger partial charge on any atom is 0.155 e. The molecule has 0 bridgehead atoms. The number of hydrogen-bond donors (Lipinski definition) is 1. The molecule has 1 N–H and O–H groups in total. The standard InChI is InChI=1S/C21H28O2/c1-3-20-11-9-17-16-8-6-15(22)13-14(16)5-7-18(17)19(20)10-12-21(20,23)4-2/h2,13,16-19,23H,3,5-12H2,1H3/t16-,17?,18?,19?,20?,21-/m0/s1. The van der Waals surface area contributed by atoms with Crippen LogP contribution in [0, 0.1) is 41.4 Å².